The lowest BCUT2D eigenvalue weighted by atomic mass is 10.0. The summed E-state index contributed by atoms with van der Waals surface area (Å²) in [5, 5.41) is 8.13. The summed E-state index contributed by atoms with van der Waals surface area (Å²) < 4.78 is 22.0. The predicted molar refractivity (Wildman–Crippen MR) is 131 cm³/mol. The fourth-order valence-electron chi connectivity index (χ4n) is 4.42. The molecule has 3 aromatic rings. The van der Waals surface area contributed by atoms with E-state index in [1.165, 1.54) is 11.0 Å². The van der Waals surface area contributed by atoms with E-state index in [9.17, 15) is 14.0 Å². The summed E-state index contributed by atoms with van der Waals surface area (Å²) in [7, 11) is 1.77. The second kappa shape index (κ2) is 9.34. The second-order valence-electron chi connectivity index (χ2n) is 9.10. The second-order valence-corrected chi connectivity index (χ2v) is 9.54. The topological polar surface area (TPSA) is 76.5 Å². The molecular weight excluding hydrogens is 471 g/mol. The lowest BCUT2D eigenvalue weighted by Gasteiger charge is -2.28. The molecule has 7 nitrogen and oxygen atoms in total. The Balaban J connectivity index is 1.54. The van der Waals surface area contributed by atoms with Crippen molar-refractivity contribution in [3.05, 3.63) is 64.4 Å². The number of amides is 2. The SMILES string of the molecule is C[C@@H](C(=O)NCC1CC1)N(C(=O)Cc1ccccc1F)c1nn(C)c2c1COc1ccc(Cl)cc1-2. The van der Waals surface area contributed by atoms with Crippen LogP contribution in [0.5, 0.6) is 5.75 Å². The molecule has 2 aromatic carbocycles. The van der Waals surface area contributed by atoms with Gasteiger partial charge >= 0.3 is 0 Å². The maximum absolute atomic E-state index is 14.4. The van der Waals surface area contributed by atoms with Gasteiger partial charge in [0.25, 0.3) is 0 Å². The predicted octanol–water partition coefficient (Wildman–Crippen LogP) is 4.26. The van der Waals surface area contributed by atoms with Crippen LogP contribution in [0.3, 0.4) is 0 Å². The van der Waals surface area contributed by atoms with Gasteiger partial charge in [0, 0.05) is 24.2 Å². The Morgan fingerprint density at radius 2 is 2.06 bits per heavy atom. The Kier molecular flexibility index (Phi) is 6.23. The highest BCUT2D eigenvalue weighted by Crippen LogP contribution is 2.42. The van der Waals surface area contributed by atoms with Crippen molar-refractivity contribution < 1.29 is 18.7 Å². The number of nitrogens with zero attached hydrogens (tertiary/aromatic N) is 3. The fourth-order valence-corrected chi connectivity index (χ4v) is 4.59. The van der Waals surface area contributed by atoms with Gasteiger partial charge in [0.05, 0.1) is 17.7 Å². The highest BCUT2D eigenvalue weighted by atomic mass is 35.5. The van der Waals surface area contributed by atoms with Gasteiger partial charge in [0.2, 0.25) is 11.8 Å². The summed E-state index contributed by atoms with van der Waals surface area (Å²) in [4.78, 5) is 28.1. The summed E-state index contributed by atoms with van der Waals surface area (Å²) in [6.45, 7) is 2.41. The lowest BCUT2D eigenvalue weighted by molar-refractivity contribution is -0.126. The smallest absolute Gasteiger partial charge is 0.242 e. The number of nitrogens with one attached hydrogen (secondary N) is 1. The van der Waals surface area contributed by atoms with Crippen molar-refractivity contribution in [1.29, 1.82) is 0 Å². The molecule has 1 N–H and O–H groups in total. The third-order valence-electron chi connectivity index (χ3n) is 6.52. The van der Waals surface area contributed by atoms with E-state index in [4.69, 9.17) is 16.3 Å². The number of anilines is 1. The highest BCUT2D eigenvalue weighted by Gasteiger charge is 2.36. The van der Waals surface area contributed by atoms with Crippen LogP contribution in [0.15, 0.2) is 42.5 Å². The van der Waals surface area contributed by atoms with E-state index in [0.29, 0.717) is 34.6 Å². The van der Waals surface area contributed by atoms with Crippen LogP contribution < -0.4 is 15.0 Å². The van der Waals surface area contributed by atoms with Crippen molar-refractivity contribution in [3.8, 4) is 17.0 Å². The van der Waals surface area contributed by atoms with Crippen molar-refractivity contribution in [2.45, 2.75) is 38.8 Å². The van der Waals surface area contributed by atoms with Crippen LogP contribution in [0.4, 0.5) is 10.2 Å². The number of carbonyl (C=O) groups excluding carboxylic acids is 2. The van der Waals surface area contributed by atoms with E-state index >= 15 is 0 Å². The van der Waals surface area contributed by atoms with Gasteiger partial charge in [0.1, 0.15) is 24.2 Å². The number of hydrogen-bond donors (Lipinski definition) is 1. The molecule has 1 fully saturated rings. The zero-order chi connectivity index (χ0) is 24.7. The number of halogens is 2. The number of benzene rings is 2. The number of hydrogen-bond acceptors (Lipinski definition) is 4. The van der Waals surface area contributed by atoms with E-state index in [1.54, 1.807) is 55.1 Å². The molecule has 0 bridgehead atoms. The van der Waals surface area contributed by atoms with E-state index in [0.717, 1.165) is 24.1 Å². The standard InChI is InChI=1S/C26H26ClFN4O3/c1-15(26(34)29-13-16-7-8-16)32(23(33)11-17-5-3-4-6-21(17)28)25-20-14-35-22-10-9-18(27)12-19(22)24(20)31(2)30-25/h3-6,9-10,12,15-16H,7-8,11,13-14H2,1-2H3,(H,29,34)/t15-/m0/s1. The number of aryl methyl sites for hydroxylation is 1. The van der Waals surface area contributed by atoms with Gasteiger partial charge in [-0.2, -0.15) is 5.10 Å². The van der Waals surface area contributed by atoms with Crippen molar-refractivity contribution in [2.75, 3.05) is 11.4 Å². The molecule has 35 heavy (non-hydrogen) atoms. The molecule has 1 aliphatic heterocycles. The first-order chi connectivity index (χ1) is 16.8. The van der Waals surface area contributed by atoms with Crippen LogP contribution in [0, 0.1) is 11.7 Å². The summed E-state index contributed by atoms with van der Waals surface area (Å²) in [5.41, 5.74) is 2.45. The van der Waals surface area contributed by atoms with Crippen LogP contribution in [0.2, 0.25) is 5.02 Å². The van der Waals surface area contributed by atoms with Gasteiger partial charge in [-0.15, -0.1) is 0 Å². The van der Waals surface area contributed by atoms with Crippen molar-refractivity contribution in [3.63, 3.8) is 0 Å². The lowest BCUT2D eigenvalue weighted by Crippen LogP contribution is -2.49. The summed E-state index contributed by atoms with van der Waals surface area (Å²) in [6.07, 6.45) is 1.98. The molecule has 2 amide bonds. The Morgan fingerprint density at radius 1 is 1.29 bits per heavy atom. The molecule has 1 aliphatic carbocycles. The number of aromatic nitrogens is 2. The van der Waals surface area contributed by atoms with Crippen molar-refractivity contribution in [1.82, 2.24) is 15.1 Å². The molecule has 2 aliphatic rings. The van der Waals surface area contributed by atoms with Crippen LogP contribution in [-0.2, 0) is 29.7 Å². The number of fused-ring (bicyclic) bond motifs is 3. The van der Waals surface area contributed by atoms with Gasteiger partial charge in [-0.1, -0.05) is 29.8 Å². The molecule has 1 aromatic heterocycles. The first-order valence-electron chi connectivity index (χ1n) is 11.6. The molecule has 0 spiro atoms. The number of ether oxygens (including phenoxy) is 1. The van der Waals surface area contributed by atoms with Gasteiger partial charge in [-0.05, 0) is 55.5 Å². The summed E-state index contributed by atoms with van der Waals surface area (Å²) in [5.74, 6) is 0.298. The Morgan fingerprint density at radius 3 is 2.80 bits per heavy atom. The molecule has 182 valence electrons. The highest BCUT2D eigenvalue weighted by molar-refractivity contribution is 6.31. The zero-order valence-electron chi connectivity index (χ0n) is 19.6. The molecule has 2 heterocycles. The van der Waals surface area contributed by atoms with E-state index in [1.807, 2.05) is 0 Å². The minimum atomic E-state index is -0.854. The molecule has 0 saturated heterocycles. The molecule has 1 atom stereocenters. The first kappa shape index (κ1) is 23.4. The van der Waals surface area contributed by atoms with Crippen LogP contribution >= 0.6 is 11.6 Å². The normalized spacial score (nSPS) is 15.0. The van der Waals surface area contributed by atoms with Gasteiger partial charge < -0.3 is 10.1 Å². The molecule has 5 rings (SSSR count). The molecule has 0 radical (unpaired) electrons. The van der Waals surface area contributed by atoms with Crippen LogP contribution in [-0.4, -0.2) is 34.2 Å². The Labute approximate surface area is 207 Å². The maximum atomic E-state index is 14.4. The summed E-state index contributed by atoms with van der Waals surface area (Å²) >= 11 is 6.24. The minimum absolute atomic E-state index is 0.174. The van der Waals surface area contributed by atoms with E-state index in [-0.39, 0.29) is 24.5 Å². The Hall–Kier alpha value is -3.39. The molecular formula is C26H26ClFN4O3. The third-order valence-corrected chi connectivity index (χ3v) is 6.75. The third kappa shape index (κ3) is 4.62. The monoisotopic (exact) mass is 496 g/mol. The molecule has 1 saturated carbocycles. The fraction of sp³-hybridized carbons (Fsp3) is 0.346. The number of carbonyl (C=O) groups is 2. The quantitative estimate of drug-likeness (QED) is 0.530. The van der Waals surface area contributed by atoms with E-state index < -0.39 is 17.8 Å². The number of rotatable bonds is 7. The van der Waals surface area contributed by atoms with Gasteiger partial charge in [-0.3, -0.25) is 19.2 Å². The van der Waals surface area contributed by atoms with Crippen molar-refractivity contribution in [2.24, 2.45) is 13.0 Å². The average molecular weight is 497 g/mol. The Bertz CT molecular complexity index is 1300. The zero-order valence-corrected chi connectivity index (χ0v) is 20.3. The van der Waals surface area contributed by atoms with Crippen LogP contribution in [0.1, 0.15) is 30.9 Å². The largest absolute Gasteiger partial charge is 0.488 e. The minimum Gasteiger partial charge on any atom is -0.488 e. The molecule has 0 unspecified atom stereocenters. The average Bonchev–Trinajstić information content (AvgIpc) is 3.61. The van der Waals surface area contributed by atoms with Gasteiger partial charge in [-0.25, -0.2) is 4.39 Å². The van der Waals surface area contributed by atoms with E-state index in [2.05, 4.69) is 10.4 Å². The van der Waals surface area contributed by atoms with Crippen LogP contribution in [0.25, 0.3) is 11.3 Å². The maximum Gasteiger partial charge on any atom is 0.242 e. The first-order valence-corrected chi connectivity index (χ1v) is 12.0. The van der Waals surface area contributed by atoms with Gasteiger partial charge in [0.15, 0.2) is 5.82 Å². The summed E-state index contributed by atoms with van der Waals surface area (Å²) in [6, 6.07) is 10.6. The molecule has 9 heteroatoms. The van der Waals surface area contributed by atoms with Crippen molar-refractivity contribution >= 4 is 29.2 Å².